The molecule has 14 heavy (non-hydrogen) atoms. The van der Waals surface area contributed by atoms with Crippen molar-refractivity contribution in [1.82, 2.24) is 5.32 Å². The van der Waals surface area contributed by atoms with E-state index in [-0.39, 0.29) is 0 Å². The van der Waals surface area contributed by atoms with Crippen molar-refractivity contribution in [1.29, 1.82) is 0 Å². The molecule has 2 heteroatoms. The van der Waals surface area contributed by atoms with Crippen LogP contribution in [0.3, 0.4) is 0 Å². The third kappa shape index (κ3) is 3.58. The molecular weight excluding hydrogens is 174 g/mol. The summed E-state index contributed by atoms with van der Waals surface area (Å²) in [6, 6.07) is 0.575. The molecule has 0 radical (unpaired) electrons. The molecule has 0 aromatic heterocycles. The summed E-state index contributed by atoms with van der Waals surface area (Å²) in [5.41, 5.74) is 0. The Morgan fingerprint density at radius 2 is 2.21 bits per heavy atom. The lowest BCUT2D eigenvalue weighted by Gasteiger charge is -2.22. The predicted octanol–water partition coefficient (Wildman–Crippen LogP) is 2.44. The Kier molecular flexibility index (Phi) is 5.49. The lowest BCUT2D eigenvalue weighted by molar-refractivity contribution is 0.0960. The maximum atomic E-state index is 5.62. The summed E-state index contributed by atoms with van der Waals surface area (Å²) in [5.74, 6) is 1.76. The number of hydrogen-bond acceptors (Lipinski definition) is 2. The summed E-state index contributed by atoms with van der Waals surface area (Å²) in [6.07, 6.45) is 5.28. The number of nitrogens with one attached hydrogen (secondary N) is 1. The lowest BCUT2D eigenvalue weighted by atomic mass is 9.98. The van der Waals surface area contributed by atoms with Gasteiger partial charge in [-0.2, -0.15) is 0 Å². The fraction of sp³-hybridized carbons (Fsp3) is 1.00. The topological polar surface area (TPSA) is 21.3 Å². The van der Waals surface area contributed by atoms with Gasteiger partial charge in [0, 0.05) is 12.6 Å². The summed E-state index contributed by atoms with van der Waals surface area (Å²) in [7, 11) is 2.06. The smallest absolute Gasteiger partial charge is 0.0622 e. The van der Waals surface area contributed by atoms with Crippen molar-refractivity contribution in [2.75, 3.05) is 20.3 Å². The van der Waals surface area contributed by atoms with Gasteiger partial charge < -0.3 is 10.1 Å². The minimum Gasteiger partial charge on any atom is -0.380 e. The first kappa shape index (κ1) is 12.0. The van der Waals surface area contributed by atoms with Gasteiger partial charge in [-0.3, -0.25) is 0 Å². The zero-order valence-corrected chi connectivity index (χ0v) is 9.88. The van der Waals surface area contributed by atoms with E-state index in [1.54, 1.807) is 0 Å². The van der Waals surface area contributed by atoms with Crippen molar-refractivity contribution in [3.05, 3.63) is 0 Å². The number of likely N-dealkylation sites (N-methyl/N-ethyl adjacent to an activating group) is 1. The van der Waals surface area contributed by atoms with E-state index in [0.717, 1.165) is 31.5 Å². The highest BCUT2D eigenvalue weighted by Gasteiger charge is 2.27. The molecule has 1 aliphatic rings. The molecule has 0 aromatic carbocycles. The Morgan fingerprint density at radius 3 is 2.71 bits per heavy atom. The Morgan fingerprint density at radius 1 is 1.43 bits per heavy atom. The van der Waals surface area contributed by atoms with Crippen LogP contribution in [0.25, 0.3) is 0 Å². The van der Waals surface area contributed by atoms with Crippen LogP contribution < -0.4 is 5.32 Å². The quantitative estimate of drug-likeness (QED) is 0.663. The minimum atomic E-state index is 0.575. The number of hydrogen-bond donors (Lipinski definition) is 1. The minimum absolute atomic E-state index is 0.575. The molecule has 2 nitrogen and oxygen atoms in total. The molecule has 1 fully saturated rings. The molecule has 1 aliphatic carbocycles. The first-order chi connectivity index (χ1) is 6.77. The van der Waals surface area contributed by atoms with Crippen molar-refractivity contribution in [2.24, 2.45) is 11.8 Å². The van der Waals surface area contributed by atoms with Crippen LogP contribution in [0.4, 0.5) is 0 Å². The molecule has 1 saturated carbocycles. The molecule has 0 saturated heterocycles. The van der Waals surface area contributed by atoms with E-state index in [2.05, 4.69) is 26.2 Å². The van der Waals surface area contributed by atoms with Crippen molar-refractivity contribution in [3.63, 3.8) is 0 Å². The van der Waals surface area contributed by atoms with E-state index in [4.69, 9.17) is 4.74 Å². The van der Waals surface area contributed by atoms with Gasteiger partial charge in [0.2, 0.25) is 0 Å². The molecule has 0 amide bonds. The predicted molar refractivity (Wildman–Crippen MR) is 60.5 cm³/mol. The second-order valence-electron chi connectivity index (χ2n) is 4.65. The van der Waals surface area contributed by atoms with Gasteiger partial charge in [0.05, 0.1) is 6.61 Å². The molecule has 3 unspecified atom stereocenters. The molecule has 1 N–H and O–H groups in total. The largest absolute Gasteiger partial charge is 0.380 e. The van der Waals surface area contributed by atoms with E-state index in [1.165, 1.54) is 19.3 Å². The number of ether oxygens (including phenoxy) is 1. The molecule has 84 valence electrons. The van der Waals surface area contributed by atoms with Gasteiger partial charge in [-0.05, 0) is 38.1 Å². The molecular formula is C12H25NO. The van der Waals surface area contributed by atoms with E-state index < -0.39 is 0 Å². The van der Waals surface area contributed by atoms with E-state index >= 15 is 0 Å². The summed E-state index contributed by atoms with van der Waals surface area (Å²) in [6.45, 7) is 6.31. The van der Waals surface area contributed by atoms with Gasteiger partial charge in [-0.25, -0.2) is 0 Å². The average molecular weight is 199 g/mol. The Labute approximate surface area is 88.4 Å². The first-order valence-electron chi connectivity index (χ1n) is 6.03. The zero-order chi connectivity index (χ0) is 10.4. The fourth-order valence-electron chi connectivity index (χ4n) is 2.43. The van der Waals surface area contributed by atoms with Crippen LogP contribution in [-0.4, -0.2) is 26.3 Å². The highest BCUT2D eigenvalue weighted by Crippen LogP contribution is 2.32. The van der Waals surface area contributed by atoms with Gasteiger partial charge >= 0.3 is 0 Å². The molecule has 3 atom stereocenters. The summed E-state index contributed by atoms with van der Waals surface area (Å²) < 4.78 is 5.62. The summed E-state index contributed by atoms with van der Waals surface area (Å²) >= 11 is 0. The van der Waals surface area contributed by atoms with E-state index in [1.807, 2.05) is 0 Å². The molecule has 0 heterocycles. The Balaban J connectivity index is 2.23. The second-order valence-corrected chi connectivity index (χ2v) is 4.65. The average Bonchev–Trinajstić information content (AvgIpc) is 2.60. The first-order valence-corrected chi connectivity index (χ1v) is 6.03. The van der Waals surface area contributed by atoms with Gasteiger partial charge in [-0.15, -0.1) is 0 Å². The van der Waals surface area contributed by atoms with Crippen LogP contribution >= 0.6 is 0 Å². The maximum absolute atomic E-state index is 5.62. The van der Waals surface area contributed by atoms with Gasteiger partial charge in [0.25, 0.3) is 0 Å². The van der Waals surface area contributed by atoms with Crippen LogP contribution in [0.5, 0.6) is 0 Å². The molecule has 0 aromatic rings. The van der Waals surface area contributed by atoms with Crippen LogP contribution in [0.2, 0.25) is 0 Å². The number of rotatable bonds is 6. The van der Waals surface area contributed by atoms with E-state index in [0.29, 0.717) is 6.04 Å². The van der Waals surface area contributed by atoms with Crippen LogP contribution in [0.1, 0.15) is 39.5 Å². The molecule has 0 spiro atoms. The van der Waals surface area contributed by atoms with Crippen molar-refractivity contribution < 1.29 is 4.74 Å². The zero-order valence-electron chi connectivity index (χ0n) is 9.88. The summed E-state index contributed by atoms with van der Waals surface area (Å²) in [4.78, 5) is 0. The maximum Gasteiger partial charge on any atom is 0.0622 e. The standard InChI is InChI=1S/C12H25NO/c1-4-7-14-9-12(13-3)11-6-5-10(2)8-11/h10-13H,4-9H2,1-3H3. The Bertz CT molecular complexity index is 149. The van der Waals surface area contributed by atoms with Crippen molar-refractivity contribution >= 4 is 0 Å². The Hall–Kier alpha value is -0.0800. The van der Waals surface area contributed by atoms with Gasteiger partial charge in [-0.1, -0.05) is 20.3 Å². The highest BCUT2D eigenvalue weighted by molar-refractivity contribution is 4.82. The fourth-order valence-corrected chi connectivity index (χ4v) is 2.43. The van der Waals surface area contributed by atoms with Crippen LogP contribution in [-0.2, 0) is 4.74 Å². The van der Waals surface area contributed by atoms with E-state index in [9.17, 15) is 0 Å². The molecule has 0 aliphatic heterocycles. The van der Waals surface area contributed by atoms with Gasteiger partial charge in [0.1, 0.15) is 0 Å². The molecule has 1 rings (SSSR count). The molecule has 0 bridgehead atoms. The third-order valence-electron chi connectivity index (χ3n) is 3.32. The normalized spacial score (nSPS) is 29.4. The monoisotopic (exact) mass is 199 g/mol. The summed E-state index contributed by atoms with van der Waals surface area (Å²) in [5, 5.41) is 3.40. The third-order valence-corrected chi connectivity index (χ3v) is 3.32. The van der Waals surface area contributed by atoms with Crippen molar-refractivity contribution in [2.45, 2.75) is 45.6 Å². The van der Waals surface area contributed by atoms with Crippen molar-refractivity contribution in [3.8, 4) is 0 Å². The SMILES string of the molecule is CCCOCC(NC)C1CCC(C)C1. The van der Waals surface area contributed by atoms with Crippen LogP contribution in [0.15, 0.2) is 0 Å². The van der Waals surface area contributed by atoms with Crippen LogP contribution in [0, 0.1) is 11.8 Å². The van der Waals surface area contributed by atoms with Gasteiger partial charge in [0.15, 0.2) is 0 Å². The lowest BCUT2D eigenvalue weighted by Crippen LogP contribution is -2.36. The second kappa shape index (κ2) is 6.41. The highest BCUT2D eigenvalue weighted by atomic mass is 16.5.